The summed E-state index contributed by atoms with van der Waals surface area (Å²) in [5, 5.41) is 11.5. The topological polar surface area (TPSA) is 75.8 Å². The van der Waals surface area contributed by atoms with E-state index in [1.54, 1.807) is 0 Å². The van der Waals surface area contributed by atoms with Crippen LogP contribution in [0.15, 0.2) is 71.3 Å². The molecule has 3 aromatic rings. The molecular weight excluding hydrogens is 396 g/mol. The Kier molecular flexibility index (Phi) is 5.25. The monoisotopic (exact) mass is 422 g/mol. The molecule has 7 heteroatoms. The van der Waals surface area contributed by atoms with Gasteiger partial charge in [0.1, 0.15) is 6.26 Å². The molecule has 0 unspecified atom stereocenters. The second kappa shape index (κ2) is 7.74. The number of aromatic nitrogens is 1. The van der Waals surface area contributed by atoms with Crippen LogP contribution in [0.4, 0.5) is 6.01 Å². The van der Waals surface area contributed by atoms with Gasteiger partial charge in [0.25, 0.3) is 14.3 Å². The van der Waals surface area contributed by atoms with Crippen molar-refractivity contribution in [3.63, 3.8) is 0 Å². The van der Waals surface area contributed by atoms with Gasteiger partial charge in [0, 0.05) is 13.1 Å². The normalized spacial score (nSPS) is 15.1. The summed E-state index contributed by atoms with van der Waals surface area (Å²) >= 11 is 0. The molecule has 0 spiro atoms. The fourth-order valence-electron chi connectivity index (χ4n) is 4.12. The standard InChI is InChI=1S/C23H26N2O4Si/c1-23(2,3)30(18-10-6-4-7-11-18,19-12-8-5-9-13-19)29-17-14-25(15-17)22-24-20(16-28-22)21(26)27/h4-13,16-17H,14-15H2,1-3H3,(H,26,27). The summed E-state index contributed by atoms with van der Waals surface area (Å²) in [5.74, 6) is -1.09. The number of aromatic carboxylic acids is 1. The fraction of sp³-hybridized carbons (Fsp3) is 0.304. The van der Waals surface area contributed by atoms with E-state index in [9.17, 15) is 4.79 Å². The summed E-state index contributed by atoms with van der Waals surface area (Å²) in [6.07, 6.45) is 1.19. The maximum absolute atomic E-state index is 11.1. The predicted molar refractivity (Wildman–Crippen MR) is 118 cm³/mol. The molecule has 0 saturated carbocycles. The largest absolute Gasteiger partial charge is 0.476 e. The molecule has 1 aromatic heterocycles. The smallest absolute Gasteiger partial charge is 0.357 e. The molecule has 0 amide bonds. The Morgan fingerprint density at radius 1 is 1.07 bits per heavy atom. The first-order valence-electron chi connectivity index (χ1n) is 10.0. The van der Waals surface area contributed by atoms with Crippen molar-refractivity contribution in [2.45, 2.75) is 31.9 Å². The zero-order chi connectivity index (χ0) is 21.4. The van der Waals surface area contributed by atoms with Crippen LogP contribution in [0.5, 0.6) is 0 Å². The van der Waals surface area contributed by atoms with Crippen LogP contribution in [0.2, 0.25) is 5.04 Å². The average molecular weight is 423 g/mol. The first-order valence-corrected chi connectivity index (χ1v) is 11.9. The van der Waals surface area contributed by atoms with Gasteiger partial charge < -0.3 is 18.8 Å². The maximum Gasteiger partial charge on any atom is 0.357 e. The summed E-state index contributed by atoms with van der Waals surface area (Å²) in [7, 11) is -2.60. The first-order chi connectivity index (χ1) is 14.3. The van der Waals surface area contributed by atoms with Gasteiger partial charge in [-0.05, 0) is 15.4 Å². The molecule has 0 radical (unpaired) electrons. The molecule has 6 nitrogen and oxygen atoms in total. The third kappa shape index (κ3) is 3.55. The van der Waals surface area contributed by atoms with Crippen LogP contribution in [-0.4, -0.2) is 43.6 Å². The van der Waals surface area contributed by atoms with E-state index < -0.39 is 14.3 Å². The van der Waals surface area contributed by atoms with Gasteiger partial charge in [-0.3, -0.25) is 0 Å². The summed E-state index contributed by atoms with van der Waals surface area (Å²) in [6.45, 7) is 7.99. The molecule has 0 bridgehead atoms. The van der Waals surface area contributed by atoms with Gasteiger partial charge in [0.2, 0.25) is 0 Å². The van der Waals surface area contributed by atoms with Gasteiger partial charge in [0.05, 0.1) is 6.10 Å². The van der Waals surface area contributed by atoms with Crippen LogP contribution in [0, 0.1) is 0 Å². The Morgan fingerprint density at radius 2 is 1.60 bits per heavy atom. The van der Waals surface area contributed by atoms with E-state index in [1.165, 1.54) is 16.6 Å². The van der Waals surface area contributed by atoms with Crippen molar-refractivity contribution < 1.29 is 18.7 Å². The minimum absolute atomic E-state index is 0.0106. The third-order valence-electron chi connectivity index (χ3n) is 5.59. The highest BCUT2D eigenvalue weighted by atomic mass is 28.4. The van der Waals surface area contributed by atoms with Crippen molar-refractivity contribution in [2.24, 2.45) is 0 Å². The highest BCUT2D eigenvalue weighted by Crippen LogP contribution is 2.38. The Labute approximate surface area is 177 Å². The quantitative estimate of drug-likeness (QED) is 0.615. The van der Waals surface area contributed by atoms with Crippen molar-refractivity contribution in [3.8, 4) is 0 Å². The minimum atomic E-state index is -2.60. The second-order valence-corrected chi connectivity index (χ2v) is 12.9. The van der Waals surface area contributed by atoms with Crippen LogP contribution in [0.1, 0.15) is 31.3 Å². The zero-order valence-electron chi connectivity index (χ0n) is 17.4. The lowest BCUT2D eigenvalue weighted by atomic mass is 10.2. The highest BCUT2D eigenvalue weighted by molar-refractivity contribution is 6.99. The summed E-state index contributed by atoms with van der Waals surface area (Å²) in [5.41, 5.74) is -0.0821. The van der Waals surface area contributed by atoms with Crippen LogP contribution in [0.25, 0.3) is 0 Å². The number of hydrogen-bond donors (Lipinski definition) is 1. The van der Waals surface area contributed by atoms with E-state index in [-0.39, 0.29) is 16.8 Å². The molecule has 1 saturated heterocycles. The Balaban J connectivity index is 1.64. The lowest BCUT2D eigenvalue weighted by Gasteiger charge is -2.49. The lowest BCUT2D eigenvalue weighted by Crippen LogP contribution is -2.70. The Hall–Kier alpha value is -2.90. The van der Waals surface area contributed by atoms with Gasteiger partial charge in [-0.25, -0.2) is 4.79 Å². The fourth-order valence-corrected chi connectivity index (χ4v) is 8.78. The Morgan fingerprint density at radius 3 is 2.03 bits per heavy atom. The van der Waals surface area contributed by atoms with Gasteiger partial charge in [-0.2, -0.15) is 4.98 Å². The lowest BCUT2D eigenvalue weighted by molar-refractivity contribution is 0.0690. The Bertz CT molecular complexity index is 969. The van der Waals surface area contributed by atoms with Crippen LogP contribution >= 0.6 is 0 Å². The van der Waals surface area contributed by atoms with Crippen molar-refractivity contribution in [1.29, 1.82) is 0 Å². The number of carboxylic acids is 1. The highest BCUT2D eigenvalue weighted by Gasteiger charge is 2.52. The molecule has 1 N–H and O–H groups in total. The number of benzene rings is 2. The van der Waals surface area contributed by atoms with E-state index in [2.05, 4.69) is 74.3 Å². The number of oxazole rings is 1. The molecule has 156 valence electrons. The van der Waals surface area contributed by atoms with Gasteiger partial charge >= 0.3 is 5.97 Å². The van der Waals surface area contributed by atoms with E-state index in [1.807, 2.05) is 17.0 Å². The van der Waals surface area contributed by atoms with E-state index in [0.717, 1.165) is 0 Å². The molecule has 0 aliphatic carbocycles. The van der Waals surface area contributed by atoms with Crippen molar-refractivity contribution in [1.82, 2.24) is 4.98 Å². The molecule has 2 aromatic carbocycles. The molecule has 1 aliphatic rings. The van der Waals surface area contributed by atoms with Gasteiger partial charge in [0.15, 0.2) is 5.69 Å². The van der Waals surface area contributed by atoms with Crippen molar-refractivity contribution >= 4 is 30.7 Å². The number of anilines is 1. The number of rotatable bonds is 6. The number of carbonyl (C=O) groups is 1. The number of hydrogen-bond acceptors (Lipinski definition) is 5. The molecule has 30 heavy (non-hydrogen) atoms. The van der Waals surface area contributed by atoms with E-state index in [0.29, 0.717) is 19.1 Å². The predicted octanol–water partition coefficient (Wildman–Crippen LogP) is 3.14. The number of nitrogens with zero attached hydrogens (tertiary/aromatic N) is 2. The SMILES string of the molecule is CC(C)(C)[Si](OC1CN(c2nc(C(=O)O)co2)C1)(c1ccccc1)c1ccccc1. The summed E-state index contributed by atoms with van der Waals surface area (Å²) in [4.78, 5) is 17.0. The van der Waals surface area contributed by atoms with Crippen LogP contribution < -0.4 is 15.3 Å². The van der Waals surface area contributed by atoms with Crippen molar-refractivity contribution in [3.05, 3.63) is 72.6 Å². The van der Waals surface area contributed by atoms with Crippen molar-refractivity contribution in [2.75, 3.05) is 18.0 Å². The zero-order valence-corrected chi connectivity index (χ0v) is 18.4. The average Bonchev–Trinajstić information content (AvgIpc) is 3.18. The molecule has 1 fully saturated rings. The van der Waals surface area contributed by atoms with Gasteiger partial charge in [-0.15, -0.1) is 0 Å². The van der Waals surface area contributed by atoms with Gasteiger partial charge in [-0.1, -0.05) is 81.4 Å². The number of carboxylic acid groups (broad SMARTS) is 1. The van der Waals surface area contributed by atoms with E-state index >= 15 is 0 Å². The summed E-state index contributed by atoms with van der Waals surface area (Å²) in [6, 6.07) is 21.4. The second-order valence-electron chi connectivity index (χ2n) is 8.63. The first kappa shape index (κ1) is 20.4. The van der Waals surface area contributed by atoms with Crippen LogP contribution in [-0.2, 0) is 4.43 Å². The molecule has 0 atom stereocenters. The van der Waals surface area contributed by atoms with Crippen LogP contribution in [0.3, 0.4) is 0 Å². The molecule has 4 rings (SSSR count). The molecule has 1 aliphatic heterocycles. The molecule has 2 heterocycles. The third-order valence-corrected chi connectivity index (χ3v) is 10.7. The maximum atomic E-state index is 11.1. The molecular formula is C23H26N2O4Si. The summed E-state index contributed by atoms with van der Waals surface area (Å²) < 4.78 is 12.4. The minimum Gasteiger partial charge on any atom is -0.476 e. The van der Waals surface area contributed by atoms with E-state index in [4.69, 9.17) is 13.9 Å².